The van der Waals surface area contributed by atoms with Gasteiger partial charge in [-0.15, -0.1) is 0 Å². The van der Waals surface area contributed by atoms with Crippen LogP contribution in [-0.2, 0) is 26.2 Å². The Hall–Kier alpha value is -3.56. The number of ether oxygens (including phenoxy) is 1. The highest BCUT2D eigenvalue weighted by atomic mass is 35.5. The van der Waals surface area contributed by atoms with Gasteiger partial charge < -0.3 is 15.0 Å². The van der Waals surface area contributed by atoms with Crippen molar-refractivity contribution < 1.29 is 22.7 Å². The number of anilines is 1. The maximum Gasteiger partial charge on any atom is 0.264 e. The number of hydrogen-bond donors (Lipinski definition) is 1. The molecule has 220 valence electrons. The Morgan fingerprint density at radius 3 is 2.17 bits per heavy atom. The van der Waals surface area contributed by atoms with Gasteiger partial charge in [-0.3, -0.25) is 13.9 Å². The smallest absolute Gasteiger partial charge is 0.264 e. The number of sulfonamides is 1. The first-order valence-electron chi connectivity index (χ1n) is 13.6. The van der Waals surface area contributed by atoms with Crippen LogP contribution in [0.2, 0.25) is 5.02 Å². The molecule has 0 saturated carbocycles. The maximum atomic E-state index is 14.2. The Balaban J connectivity index is 2.11. The summed E-state index contributed by atoms with van der Waals surface area (Å²) in [5.74, 6) is -0.522. The minimum Gasteiger partial charge on any atom is -0.495 e. The van der Waals surface area contributed by atoms with Crippen LogP contribution in [0.1, 0.15) is 43.4 Å². The molecule has 10 heteroatoms. The lowest BCUT2D eigenvalue weighted by atomic mass is 10.1. The van der Waals surface area contributed by atoms with Gasteiger partial charge in [0.25, 0.3) is 10.0 Å². The van der Waals surface area contributed by atoms with E-state index >= 15 is 0 Å². The minimum atomic E-state index is -4.21. The Labute approximate surface area is 248 Å². The first-order chi connectivity index (χ1) is 19.5. The van der Waals surface area contributed by atoms with Crippen molar-refractivity contribution in [3.8, 4) is 5.75 Å². The van der Waals surface area contributed by atoms with E-state index in [0.717, 1.165) is 27.4 Å². The summed E-state index contributed by atoms with van der Waals surface area (Å²) >= 11 is 6.07. The molecule has 0 radical (unpaired) electrons. The lowest BCUT2D eigenvalue weighted by Gasteiger charge is -2.33. The summed E-state index contributed by atoms with van der Waals surface area (Å²) in [4.78, 5) is 28.8. The van der Waals surface area contributed by atoms with Gasteiger partial charge in [0.1, 0.15) is 18.3 Å². The van der Waals surface area contributed by atoms with Crippen LogP contribution in [0.3, 0.4) is 0 Å². The fraction of sp³-hybridized carbons (Fsp3) is 0.355. The Bertz CT molecular complexity index is 1440. The predicted octanol–water partition coefficient (Wildman–Crippen LogP) is 5.49. The monoisotopic (exact) mass is 599 g/mol. The SMILES string of the molecule is CCCNC(=O)[C@H](CC)N(Cc1ccc(Cl)cc1)C(=O)CN(c1cc(C)ccc1OC)S(=O)(=O)c1ccc(C)cc1. The highest BCUT2D eigenvalue weighted by Gasteiger charge is 2.34. The molecule has 0 saturated heterocycles. The first kappa shape index (κ1) is 32.0. The van der Waals surface area contributed by atoms with Gasteiger partial charge in [-0.05, 0) is 74.2 Å². The molecule has 0 aliphatic carbocycles. The van der Waals surface area contributed by atoms with Gasteiger partial charge in [0.2, 0.25) is 11.8 Å². The molecule has 0 aromatic heterocycles. The van der Waals surface area contributed by atoms with Crippen molar-refractivity contribution in [3.05, 3.63) is 88.4 Å². The number of hydrogen-bond acceptors (Lipinski definition) is 5. The summed E-state index contributed by atoms with van der Waals surface area (Å²) in [6, 6.07) is 17.8. The van der Waals surface area contributed by atoms with Gasteiger partial charge in [-0.1, -0.05) is 61.3 Å². The highest BCUT2D eigenvalue weighted by Crippen LogP contribution is 2.34. The number of benzene rings is 3. The van der Waals surface area contributed by atoms with Crippen LogP contribution in [0.15, 0.2) is 71.6 Å². The lowest BCUT2D eigenvalue weighted by Crippen LogP contribution is -2.52. The number of methoxy groups -OCH3 is 1. The van der Waals surface area contributed by atoms with Gasteiger partial charge in [-0.2, -0.15) is 0 Å². The number of nitrogens with zero attached hydrogens (tertiary/aromatic N) is 2. The molecule has 41 heavy (non-hydrogen) atoms. The zero-order valence-electron chi connectivity index (χ0n) is 24.2. The third kappa shape index (κ3) is 8.01. The Morgan fingerprint density at radius 2 is 1.59 bits per heavy atom. The standard InChI is InChI=1S/C31H38ClN3O5S/c1-6-18-33-31(37)27(7-2)34(20-24-11-13-25(32)14-12-24)30(36)21-35(28-19-23(4)10-17-29(28)40-5)41(38,39)26-15-8-22(3)9-16-26/h8-17,19,27H,6-7,18,20-21H2,1-5H3,(H,33,37)/t27-/m0/s1. The summed E-state index contributed by atoms with van der Waals surface area (Å²) in [5.41, 5.74) is 2.68. The van der Waals surface area contributed by atoms with Gasteiger partial charge in [0.05, 0.1) is 17.7 Å². The average Bonchev–Trinajstić information content (AvgIpc) is 2.95. The number of carbonyl (C=O) groups is 2. The van der Waals surface area contributed by atoms with Crippen LogP contribution in [0.5, 0.6) is 5.75 Å². The maximum absolute atomic E-state index is 14.2. The fourth-order valence-corrected chi connectivity index (χ4v) is 5.96. The van der Waals surface area contributed by atoms with Crippen molar-refractivity contribution in [2.45, 2.75) is 58.0 Å². The zero-order chi connectivity index (χ0) is 30.2. The van der Waals surface area contributed by atoms with E-state index < -0.39 is 28.5 Å². The number of carbonyl (C=O) groups excluding carboxylic acids is 2. The molecule has 0 spiro atoms. The van der Waals surface area contributed by atoms with Crippen molar-refractivity contribution in [1.82, 2.24) is 10.2 Å². The molecule has 8 nitrogen and oxygen atoms in total. The largest absolute Gasteiger partial charge is 0.495 e. The van der Waals surface area contributed by atoms with Gasteiger partial charge in [0, 0.05) is 18.1 Å². The Kier molecular flexibility index (Phi) is 11.2. The molecule has 0 bridgehead atoms. The topological polar surface area (TPSA) is 96.0 Å². The molecule has 0 fully saturated rings. The van der Waals surface area contributed by atoms with Crippen molar-refractivity contribution in [2.24, 2.45) is 0 Å². The summed E-state index contributed by atoms with van der Waals surface area (Å²) in [5, 5.41) is 3.42. The van der Waals surface area contributed by atoms with Crippen LogP contribution in [-0.4, -0.2) is 51.4 Å². The van der Waals surface area contributed by atoms with E-state index in [9.17, 15) is 18.0 Å². The number of nitrogens with one attached hydrogen (secondary N) is 1. The summed E-state index contributed by atoms with van der Waals surface area (Å²) < 4.78 is 34.8. The van der Waals surface area contributed by atoms with Crippen LogP contribution in [0, 0.1) is 13.8 Å². The third-order valence-electron chi connectivity index (χ3n) is 6.69. The van der Waals surface area contributed by atoms with Gasteiger partial charge in [-0.25, -0.2) is 8.42 Å². The molecule has 2 amide bonds. The summed E-state index contributed by atoms with van der Waals surface area (Å²) in [6.45, 7) is 7.48. The van der Waals surface area contributed by atoms with Crippen molar-refractivity contribution in [3.63, 3.8) is 0 Å². The Morgan fingerprint density at radius 1 is 0.951 bits per heavy atom. The number of rotatable bonds is 13. The summed E-state index contributed by atoms with van der Waals surface area (Å²) in [6.07, 6.45) is 1.08. The first-order valence-corrected chi connectivity index (χ1v) is 15.4. The molecule has 3 rings (SSSR count). The molecule has 3 aromatic carbocycles. The van der Waals surface area contributed by atoms with Crippen molar-refractivity contribution in [2.75, 3.05) is 24.5 Å². The fourth-order valence-electron chi connectivity index (χ4n) is 4.42. The van der Waals surface area contributed by atoms with E-state index in [1.807, 2.05) is 27.7 Å². The molecular weight excluding hydrogens is 562 g/mol. The molecule has 0 aliphatic rings. The van der Waals surface area contributed by atoms with E-state index in [4.69, 9.17) is 16.3 Å². The minimum absolute atomic E-state index is 0.0384. The highest BCUT2D eigenvalue weighted by molar-refractivity contribution is 7.92. The second-order valence-electron chi connectivity index (χ2n) is 9.86. The lowest BCUT2D eigenvalue weighted by molar-refractivity contribution is -0.140. The van der Waals surface area contributed by atoms with Crippen molar-refractivity contribution >= 4 is 39.1 Å². The van der Waals surface area contributed by atoms with Crippen LogP contribution in [0.25, 0.3) is 0 Å². The third-order valence-corrected chi connectivity index (χ3v) is 8.72. The quantitative estimate of drug-likeness (QED) is 0.280. The second-order valence-corrected chi connectivity index (χ2v) is 12.2. The molecule has 1 atom stereocenters. The molecule has 0 aliphatic heterocycles. The molecule has 1 N–H and O–H groups in total. The number of halogens is 1. The molecule has 3 aromatic rings. The van der Waals surface area contributed by atoms with Crippen LogP contribution >= 0.6 is 11.6 Å². The van der Waals surface area contributed by atoms with Gasteiger partial charge >= 0.3 is 0 Å². The van der Waals surface area contributed by atoms with Crippen molar-refractivity contribution in [1.29, 1.82) is 0 Å². The molecule has 0 heterocycles. The zero-order valence-corrected chi connectivity index (χ0v) is 25.8. The number of aryl methyl sites for hydroxylation is 2. The van der Waals surface area contributed by atoms with Crippen LogP contribution < -0.4 is 14.4 Å². The molecular formula is C31H38ClN3O5S. The van der Waals surface area contributed by atoms with E-state index in [1.54, 1.807) is 54.6 Å². The van der Waals surface area contributed by atoms with E-state index in [0.29, 0.717) is 23.7 Å². The molecule has 0 unspecified atom stereocenters. The van der Waals surface area contributed by atoms with Gasteiger partial charge in [0.15, 0.2) is 0 Å². The van der Waals surface area contributed by atoms with Crippen LogP contribution in [0.4, 0.5) is 5.69 Å². The van der Waals surface area contributed by atoms with E-state index in [2.05, 4.69) is 5.32 Å². The van der Waals surface area contributed by atoms with E-state index in [1.165, 1.54) is 24.1 Å². The second kappa shape index (κ2) is 14.4. The van der Waals surface area contributed by atoms with E-state index in [-0.39, 0.29) is 23.0 Å². The normalized spacial score (nSPS) is 12.0. The number of amides is 2. The predicted molar refractivity (Wildman–Crippen MR) is 163 cm³/mol. The summed E-state index contributed by atoms with van der Waals surface area (Å²) in [7, 11) is -2.76. The average molecular weight is 600 g/mol.